The summed E-state index contributed by atoms with van der Waals surface area (Å²) in [7, 11) is 0. The monoisotopic (exact) mass is 378 g/mol. The Morgan fingerprint density at radius 3 is 2.73 bits per heavy atom. The number of carbonyl (C=O) groups is 1. The Hall–Kier alpha value is -1.30. The fourth-order valence-electron chi connectivity index (χ4n) is 2.40. The molecule has 3 nitrogen and oxygen atoms in total. The van der Waals surface area contributed by atoms with Gasteiger partial charge in [-0.15, -0.1) is 11.8 Å². The van der Waals surface area contributed by atoms with Crippen LogP contribution >= 0.6 is 27.7 Å². The van der Waals surface area contributed by atoms with E-state index >= 15 is 0 Å². The number of benzene rings is 2. The van der Waals surface area contributed by atoms with Crippen LogP contribution < -0.4 is 4.74 Å². The van der Waals surface area contributed by atoms with Gasteiger partial charge in [0.05, 0.1) is 12.2 Å². The number of hydrogen-bond acceptors (Lipinski definition) is 4. The highest BCUT2D eigenvalue weighted by Gasteiger charge is 2.45. The van der Waals surface area contributed by atoms with E-state index in [1.165, 1.54) is 11.8 Å². The summed E-state index contributed by atoms with van der Waals surface area (Å²) in [6.45, 7) is 1.84. The number of aliphatic hydroxyl groups is 1. The van der Waals surface area contributed by atoms with E-state index in [2.05, 4.69) is 15.9 Å². The van der Waals surface area contributed by atoms with Crippen LogP contribution in [0.15, 0.2) is 51.8 Å². The first-order valence-electron chi connectivity index (χ1n) is 6.88. The van der Waals surface area contributed by atoms with Gasteiger partial charge in [-0.25, -0.2) is 0 Å². The molecule has 114 valence electrons. The minimum atomic E-state index is -0.997. The summed E-state index contributed by atoms with van der Waals surface area (Å²) in [5, 5.41) is 9.89. The standard InChI is InChI=1S/C17H15BrO3S/c1-11-7-15-13(8-14(11)18)16(20)17(9-19,10-21-15)22-12-5-3-2-4-6-12/h2-8,19H,9-10H2,1H3. The topological polar surface area (TPSA) is 46.5 Å². The maximum Gasteiger partial charge on any atom is 0.188 e. The molecule has 1 aliphatic heterocycles. The summed E-state index contributed by atoms with van der Waals surface area (Å²) in [4.78, 5) is 13.9. The van der Waals surface area contributed by atoms with Crippen molar-refractivity contribution in [2.24, 2.45) is 0 Å². The normalized spacial score (nSPS) is 20.4. The molecule has 1 unspecified atom stereocenters. The smallest absolute Gasteiger partial charge is 0.188 e. The Kier molecular flexibility index (Phi) is 4.30. The molecule has 0 fully saturated rings. The molecule has 0 spiro atoms. The van der Waals surface area contributed by atoms with Crippen LogP contribution in [0.1, 0.15) is 15.9 Å². The number of thioether (sulfide) groups is 1. The van der Waals surface area contributed by atoms with Gasteiger partial charge >= 0.3 is 0 Å². The first kappa shape index (κ1) is 15.6. The lowest BCUT2D eigenvalue weighted by Gasteiger charge is -2.34. The number of fused-ring (bicyclic) bond motifs is 1. The number of carbonyl (C=O) groups excluding carboxylic acids is 1. The average molecular weight is 379 g/mol. The first-order valence-corrected chi connectivity index (χ1v) is 8.49. The van der Waals surface area contributed by atoms with Gasteiger partial charge in [0.25, 0.3) is 0 Å². The van der Waals surface area contributed by atoms with Gasteiger partial charge in [-0.05, 0) is 36.8 Å². The number of ether oxygens (including phenoxy) is 1. The van der Waals surface area contributed by atoms with Gasteiger partial charge in [-0.3, -0.25) is 4.79 Å². The van der Waals surface area contributed by atoms with Crippen molar-refractivity contribution in [3.05, 3.63) is 58.1 Å². The molecule has 5 heteroatoms. The maximum absolute atomic E-state index is 13.0. The van der Waals surface area contributed by atoms with E-state index in [1.54, 1.807) is 6.07 Å². The summed E-state index contributed by atoms with van der Waals surface area (Å²) >= 11 is 4.80. The second-order valence-electron chi connectivity index (χ2n) is 5.28. The molecule has 2 aromatic rings. The third-order valence-electron chi connectivity index (χ3n) is 3.69. The molecule has 1 aliphatic rings. The van der Waals surface area contributed by atoms with Crippen molar-refractivity contribution in [3.8, 4) is 5.75 Å². The Morgan fingerprint density at radius 2 is 2.05 bits per heavy atom. The SMILES string of the molecule is Cc1cc2c(cc1Br)C(=O)C(CO)(Sc1ccccc1)CO2. The quantitative estimate of drug-likeness (QED) is 0.880. The van der Waals surface area contributed by atoms with Gasteiger partial charge in [-0.1, -0.05) is 34.1 Å². The molecule has 1 heterocycles. The Balaban J connectivity index is 2.00. The zero-order valence-electron chi connectivity index (χ0n) is 12.0. The maximum atomic E-state index is 13.0. The highest BCUT2D eigenvalue weighted by atomic mass is 79.9. The van der Waals surface area contributed by atoms with Crippen molar-refractivity contribution >= 4 is 33.5 Å². The van der Waals surface area contributed by atoms with Gasteiger partial charge in [0.1, 0.15) is 17.1 Å². The van der Waals surface area contributed by atoms with E-state index in [-0.39, 0.29) is 19.0 Å². The molecule has 0 saturated heterocycles. The molecular weight excluding hydrogens is 364 g/mol. The van der Waals surface area contributed by atoms with E-state index in [1.807, 2.05) is 43.3 Å². The van der Waals surface area contributed by atoms with Crippen molar-refractivity contribution in [3.63, 3.8) is 0 Å². The van der Waals surface area contributed by atoms with Gasteiger partial charge in [0.15, 0.2) is 5.78 Å². The predicted octanol–water partition coefficient (Wildman–Crippen LogP) is 3.86. The third-order valence-corrected chi connectivity index (χ3v) is 5.88. The van der Waals surface area contributed by atoms with E-state index in [0.29, 0.717) is 11.3 Å². The molecule has 1 N–H and O–H groups in total. The molecule has 1 atom stereocenters. The largest absolute Gasteiger partial charge is 0.491 e. The molecule has 0 bridgehead atoms. The Labute approximate surface area is 141 Å². The third kappa shape index (κ3) is 2.69. The van der Waals surface area contributed by atoms with Crippen LogP contribution in [-0.4, -0.2) is 28.9 Å². The lowest BCUT2D eigenvalue weighted by molar-refractivity contribution is 0.0797. The number of ketones is 1. The summed E-state index contributed by atoms with van der Waals surface area (Å²) in [5.74, 6) is 0.495. The zero-order valence-corrected chi connectivity index (χ0v) is 14.4. The van der Waals surface area contributed by atoms with Crippen LogP contribution in [-0.2, 0) is 0 Å². The number of aliphatic hydroxyl groups excluding tert-OH is 1. The number of hydrogen-bond donors (Lipinski definition) is 1. The van der Waals surface area contributed by atoms with Crippen LogP contribution in [0.25, 0.3) is 0 Å². The number of rotatable bonds is 3. The van der Waals surface area contributed by atoms with Crippen molar-refractivity contribution in [1.82, 2.24) is 0 Å². The fourth-order valence-corrected chi connectivity index (χ4v) is 3.87. The Bertz CT molecular complexity index is 717. The van der Waals surface area contributed by atoms with Crippen LogP contribution in [0.5, 0.6) is 5.75 Å². The predicted molar refractivity (Wildman–Crippen MR) is 90.8 cm³/mol. The molecule has 2 aromatic carbocycles. The average Bonchev–Trinajstić information content (AvgIpc) is 2.53. The van der Waals surface area contributed by atoms with Gasteiger partial charge in [0, 0.05) is 9.37 Å². The fraction of sp³-hybridized carbons (Fsp3) is 0.235. The van der Waals surface area contributed by atoms with Gasteiger partial charge in [0.2, 0.25) is 0 Å². The van der Waals surface area contributed by atoms with Crippen molar-refractivity contribution in [2.75, 3.05) is 13.2 Å². The van der Waals surface area contributed by atoms with Gasteiger partial charge in [-0.2, -0.15) is 0 Å². The minimum absolute atomic E-state index is 0.0918. The van der Waals surface area contributed by atoms with E-state index in [0.717, 1.165) is 14.9 Å². The first-order chi connectivity index (χ1) is 10.6. The van der Waals surface area contributed by atoms with E-state index < -0.39 is 4.75 Å². The van der Waals surface area contributed by atoms with Gasteiger partial charge < -0.3 is 9.84 Å². The van der Waals surface area contributed by atoms with Crippen LogP contribution in [0.2, 0.25) is 0 Å². The molecule has 0 aromatic heterocycles. The van der Waals surface area contributed by atoms with Crippen molar-refractivity contribution in [1.29, 1.82) is 0 Å². The van der Waals surface area contributed by atoms with E-state index in [9.17, 15) is 9.90 Å². The zero-order chi connectivity index (χ0) is 15.7. The second kappa shape index (κ2) is 6.07. The molecule has 3 rings (SSSR count). The number of halogens is 1. The summed E-state index contributed by atoms with van der Waals surface area (Å²) in [5.41, 5.74) is 1.53. The second-order valence-corrected chi connectivity index (χ2v) is 7.59. The molecular formula is C17H15BrO3S. The lowest BCUT2D eigenvalue weighted by Crippen LogP contribution is -2.47. The summed E-state index contributed by atoms with van der Waals surface area (Å²) < 4.78 is 5.65. The van der Waals surface area contributed by atoms with Crippen LogP contribution in [0.3, 0.4) is 0 Å². The number of Topliss-reactive ketones (excluding diaryl/α,β-unsaturated/α-hetero) is 1. The Morgan fingerprint density at radius 1 is 1.32 bits per heavy atom. The lowest BCUT2D eigenvalue weighted by atomic mass is 9.94. The molecule has 0 radical (unpaired) electrons. The minimum Gasteiger partial charge on any atom is -0.491 e. The summed E-state index contributed by atoms with van der Waals surface area (Å²) in [6, 6.07) is 13.2. The number of aryl methyl sites for hydroxylation is 1. The highest BCUT2D eigenvalue weighted by molar-refractivity contribution is 9.10. The van der Waals surface area contributed by atoms with E-state index in [4.69, 9.17) is 4.74 Å². The molecule has 22 heavy (non-hydrogen) atoms. The molecule has 0 aliphatic carbocycles. The van der Waals surface area contributed by atoms with Crippen molar-refractivity contribution in [2.45, 2.75) is 16.6 Å². The highest BCUT2D eigenvalue weighted by Crippen LogP contribution is 2.42. The summed E-state index contributed by atoms with van der Waals surface area (Å²) in [6.07, 6.45) is 0. The molecule has 0 saturated carbocycles. The van der Waals surface area contributed by atoms with Crippen molar-refractivity contribution < 1.29 is 14.6 Å². The van der Waals surface area contributed by atoms with Crippen LogP contribution in [0, 0.1) is 6.92 Å². The molecule has 0 amide bonds. The van der Waals surface area contributed by atoms with Crippen LogP contribution in [0.4, 0.5) is 0 Å².